The molecule has 6 nitrogen and oxygen atoms in total. The maximum atomic E-state index is 6.05. The van der Waals surface area contributed by atoms with Crippen LogP contribution in [0.2, 0.25) is 5.02 Å². The van der Waals surface area contributed by atoms with Gasteiger partial charge in [-0.2, -0.15) is 0 Å². The van der Waals surface area contributed by atoms with Crippen molar-refractivity contribution in [2.75, 3.05) is 14.1 Å². The number of guanidine groups is 1. The summed E-state index contributed by atoms with van der Waals surface area (Å²) in [5.74, 6) is 1.52. The van der Waals surface area contributed by atoms with Gasteiger partial charge in [0.2, 0.25) is 0 Å². The molecule has 3 aromatic rings. The summed E-state index contributed by atoms with van der Waals surface area (Å²) in [5, 5.41) is 8.17. The maximum absolute atomic E-state index is 6.05. The summed E-state index contributed by atoms with van der Waals surface area (Å²) in [6.45, 7) is 1.22. The quantitative estimate of drug-likeness (QED) is 0.325. The number of aromatic nitrogens is 2. The van der Waals surface area contributed by atoms with E-state index >= 15 is 0 Å². The molecule has 0 radical (unpaired) electrons. The summed E-state index contributed by atoms with van der Waals surface area (Å²) >= 11 is 6.05. The number of rotatable bonds is 5. The molecule has 0 aliphatic carbocycles. The van der Waals surface area contributed by atoms with Gasteiger partial charge in [-0.25, -0.2) is 0 Å². The van der Waals surface area contributed by atoms with E-state index in [1.165, 1.54) is 0 Å². The Morgan fingerprint density at radius 1 is 1.30 bits per heavy atom. The Balaban J connectivity index is 0.00000261. The fraction of sp³-hybridized carbons (Fsp3) is 0.263. The lowest BCUT2D eigenvalue weighted by Crippen LogP contribution is -2.38. The van der Waals surface area contributed by atoms with Crippen LogP contribution < -0.4 is 5.32 Å². The summed E-state index contributed by atoms with van der Waals surface area (Å²) in [6, 6.07) is 13.8. The highest BCUT2D eigenvalue weighted by molar-refractivity contribution is 14.0. The van der Waals surface area contributed by atoms with Crippen LogP contribution in [0, 0.1) is 0 Å². The number of nitrogens with zero attached hydrogens (tertiary/aromatic N) is 4. The van der Waals surface area contributed by atoms with E-state index in [1.807, 2.05) is 72.2 Å². The van der Waals surface area contributed by atoms with E-state index in [9.17, 15) is 0 Å². The molecule has 8 heteroatoms. The molecule has 144 valence electrons. The zero-order valence-corrected chi connectivity index (χ0v) is 18.6. The average molecular weight is 500 g/mol. The van der Waals surface area contributed by atoms with Crippen LogP contribution in [0.15, 0.2) is 58.2 Å². The van der Waals surface area contributed by atoms with Crippen molar-refractivity contribution in [2.24, 2.45) is 12.0 Å². The van der Waals surface area contributed by atoms with Crippen LogP contribution in [0.3, 0.4) is 0 Å². The third kappa shape index (κ3) is 5.49. The number of nitrogens with one attached hydrogen (secondary N) is 1. The Bertz CT molecular complexity index is 891. The summed E-state index contributed by atoms with van der Waals surface area (Å²) in [4.78, 5) is 6.36. The first-order valence-corrected chi connectivity index (χ1v) is 8.68. The standard InChI is InChI=1S/C19H22ClN5O.HI/c1-21-19(25(3)13-17-9-15(20)12-24(17)2)22-11-16-10-18(26-23-16)14-7-5-4-6-8-14;/h4-10,12H,11,13H2,1-3H3,(H,21,22);1H. The molecular formula is C19H23ClIN5O. The van der Waals surface area contributed by atoms with E-state index in [4.69, 9.17) is 16.1 Å². The lowest BCUT2D eigenvalue weighted by molar-refractivity contribution is 0.419. The third-order valence-electron chi connectivity index (χ3n) is 4.09. The molecule has 0 spiro atoms. The van der Waals surface area contributed by atoms with Gasteiger partial charge in [-0.1, -0.05) is 47.1 Å². The van der Waals surface area contributed by atoms with Crippen molar-refractivity contribution in [3.8, 4) is 11.3 Å². The predicted octanol–water partition coefficient (Wildman–Crippen LogP) is 4.16. The lowest BCUT2D eigenvalue weighted by atomic mass is 10.2. The Morgan fingerprint density at radius 2 is 2.04 bits per heavy atom. The van der Waals surface area contributed by atoms with Gasteiger partial charge in [0.25, 0.3) is 0 Å². The number of halogens is 2. The van der Waals surface area contributed by atoms with Crippen LogP contribution >= 0.6 is 35.6 Å². The van der Waals surface area contributed by atoms with Gasteiger partial charge >= 0.3 is 0 Å². The minimum atomic E-state index is 0. The Hall–Kier alpha value is -2.00. The Kier molecular flexibility index (Phi) is 7.73. The topological polar surface area (TPSA) is 58.6 Å². The molecule has 2 heterocycles. The second kappa shape index (κ2) is 9.80. The van der Waals surface area contributed by atoms with E-state index in [1.54, 1.807) is 7.05 Å². The molecule has 0 aliphatic rings. The molecule has 0 saturated carbocycles. The van der Waals surface area contributed by atoms with Gasteiger partial charge in [0.05, 0.1) is 18.1 Å². The zero-order chi connectivity index (χ0) is 18.5. The van der Waals surface area contributed by atoms with Crippen molar-refractivity contribution in [3.63, 3.8) is 0 Å². The minimum absolute atomic E-state index is 0. The summed E-state index contributed by atoms with van der Waals surface area (Å²) < 4.78 is 7.44. The molecule has 27 heavy (non-hydrogen) atoms. The van der Waals surface area contributed by atoms with Crippen LogP contribution in [0.25, 0.3) is 11.3 Å². The number of benzene rings is 1. The number of aliphatic imine (C=N–C) groups is 1. The van der Waals surface area contributed by atoms with E-state index < -0.39 is 0 Å². The third-order valence-corrected chi connectivity index (χ3v) is 4.30. The van der Waals surface area contributed by atoms with Crippen LogP contribution in [-0.2, 0) is 20.1 Å². The van der Waals surface area contributed by atoms with Gasteiger partial charge in [-0.05, 0) is 6.07 Å². The second-order valence-electron chi connectivity index (χ2n) is 6.07. The fourth-order valence-corrected chi connectivity index (χ4v) is 3.00. The molecule has 3 rings (SSSR count). The lowest BCUT2D eigenvalue weighted by Gasteiger charge is -2.22. The molecule has 1 N–H and O–H groups in total. The SMILES string of the molecule is CN=C(NCc1cc(-c2ccccc2)on1)N(C)Cc1cc(Cl)cn1C.I. The first-order valence-electron chi connectivity index (χ1n) is 8.30. The van der Waals surface area contributed by atoms with Crippen molar-refractivity contribution in [1.29, 1.82) is 0 Å². The molecular weight excluding hydrogens is 477 g/mol. The molecule has 1 aromatic carbocycles. The Labute approximate surface area is 181 Å². The summed E-state index contributed by atoms with van der Waals surface area (Å²) in [5.41, 5.74) is 2.93. The molecule has 0 saturated heterocycles. The van der Waals surface area contributed by atoms with Crippen molar-refractivity contribution < 1.29 is 4.52 Å². The zero-order valence-electron chi connectivity index (χ0n) is 15.5. The van der Waals surface area contributed by atoms with E-state index in [-0.39, 0.29) is 24.0 Å². The molecule has 0 atom stereocenters. The average Bonchev–Trinajstić information content (AvgIpc) is 3.23. The van der Waals surface area contributed by atoms with Crippen molar-refractivity contribution in [2.45, 2.75) is 13.1 Å². The molecule has 0 fully saturated rings. The van der Waals surface area contributed by atoms with Crippen molar-refractivity contribution >= 4 is 41.5 Å². The van der Waals surface area contributed by atoms with Gasteiger partial charge in [0, 0.05) is 44.7 Å². The fourth-order valence-electron chi connectivity index (χ4n) is 2.73. The van der Waals surface area contributed by atoms with Gasteiger partial charge in [0.15, 0.2) is 11.7 Å². The van der Waals surface area contributed by atoms with Crippen molar-refractivity contribution in [1.82, 2.24) is 19.9 Å². The molecule has 0 bridgehead atoms. The second-order valence-corrected chi connectivity index (χ2v) is 6.50. The number of hydrogen-bond donors (Lipinski definition) is 1. The largest absolute Gasteiger partial charge is 0.356 e. The molecule has 0 unspecified atom stereocenters. The first-order chi connectivity index (χ1) is 12.6. The maximum Gasteiger partial charge on any atom is 0.194 e. The summed E-state index contributed by atoms with van der Waals surface area (Å²) in [6.07, 6.45) is 1.89. The van der Waals surface area contributed by atoms with Crippen LogP contribution in [0.1, 0.15) is 11.4 Å². The van der Waals surface area contributed by atoms with E-state index in [0.29, 0.717) is 13.1 Å². The van der Waals surface area contributed by atoms with E-state index in [2.05, 4.69) is 15.5 Å². The monoisotopic (exact) mass is 499 g/mol. The summed E-state index contributed by atoms with van der Waals surface area (Å²) in [7, 11) is 5.72. The highest BCUT2D eigenvalue weighted by atomic mass is 127. The molecule has 2 aromatic heterocycles. The number of aryl methyl sites for hydroxylation is 1. The highest BCUT2D eigenvalue weighted by Crippen LogP contribution is 2.19. The molecule has 0 amide bonds. The van der Waals surface area contributed by atoms with Gasteiger partial charge in [-0.3, -0.25) is 4.99 Å². The Morgan fingerprint density at radius 3 is 2.67 bits per heavy atom. The molecule has 0 aliphatic heterocycles. The smallest absolute Gasteiger partial charge is 0.194 e. The predicted molar refractivity (Wildman–Crippen MR) is 119 cm³/mol. The van der Waals surface area contributed by atoms with Gasteiger partial charge < -0.3 is 19.3 Å². The minimum Gasteiger partial charge on any atom is -0.356 e. The van der Waals surface area contributed by atoms with E-state index in [0.717, 1.165) is 33.7 Å². The van der Waals surface area contributed by atoms with Gasteiger partial charge in [0.1, 0.15) is 5.69 Å². The van der Waals surface area contributed by atoms with Crippen LogP contribution in [-0.4, -0.2) is 34.7 Å². The van der Waals surface area contributed by atoms with Crippen LogP contribution in [0.4, 0.5) is 0 Å². The van der Waals surface area contributed by atoms with Crippen molar-refractivity contribution in [3.05, 3.63) is 65.1 Å². The van der Waals surface area contributed by atoms with Crippen LogP contribution in [0.5, 0.6) is 0 Å². The highest BCUT2D eigenvalue weighted by Gasteiger charge is 2.11. The number of hydrogen-bond acceptors (Lipinski definition) is 3. The van der Waals surface area contributed by atoms with Gasteiger partial charge in [-0.15, -0.1) is 24.0 Å². The first kappa shape index (κ1) is 21.3. The normalized spacial score (nSPS) is 11.2.